The molecule has 0 saturated carbocycles. The van der Waals surface area contributed by atoms with E-state index in [1.807, 2.05) is 17.5 Å². The first kappa shape index (κ1) is 21.5. The molecule has 2 heterocycles. The van der Waals surface area contributed by atoms with E-state index >= 15 is 0 Å². The summed E-state index contributed by atoms with van der Waals surface area (Å²) in [5.41, 5.74) is 0.656. The Hall–Kier alpha value is -2.19. The van der Waals surface area contributed by atoms with Crippen molar-refractivity contribution in [2.24, 2.45) is 0 Å². The van der Waals surface area contributed by atoms with Crippen LogP contribution in [0, 0.1) is 0 Å². The Balaban J connectivity index is 1.82. The second kappa shape index (κ2) is 9.54. The van der Waals surface area contributed by atoms with Crippen LogP contribution in [-0.4, -0.2) is 41.0 Å². The number of halogens is 3. The molecule has 0 saturated heterocycles. The lowest BCUT2D eigenvalue weighted by Gasteiger charge is -2.17. The summed E-state index contributed by atoms with van der Waals surface area (Å²) in [4.78, 5) is 12.4. The van der Waals surface area contributed by atoms with Crippen LogP contribution >= 0.6 is 11.3 Å². The van der Waals surface area contributed by atoms with Crippen molar-refractivity contribution < 1.29 is 13.2 Å². The van der Waals surface area contributed by atoms with Gasteiger partial charge in [0.1, 0.15) is 5.69 Å². The SMILES string of the molecule is CCN(CC)CCCCNc1nc2cc(C(F)(F)F)ccc2nc1-c1cccs1. The monoisotopic (exact) mass is 422 g/mol. The first-order chi connectivity index (χ1) is 13.9. The molecule has 0 radical (unpaired) electrons. The lowest BCUT2D eigenvalue weighted by molar-refractivity contribution is -0.137. The molecule has 0 spiro atoms. The lowest BCUT2D eigenvalue weighted by Crippen LogP contribution is -2.24. The largest absolute Gasteiger partial charge is 0.416 e. The van der Waals surface area contributed by atoms with Gasteiger partial charge in [-0.05, 0) is 62.1 Å². The highest BCUT2D eigenvalue weighted by Crippen LogP contribution is 2.34. The van der Waals surface area contributed by atoms with Crippen LogP contribution in [0.1, 0.15) is 32.3 Å². The summed E-state index contributed by atoms with van der Waals surface area (Å²) in [6.45, 7) is 8.09. The molecule has 0 bridgehead atoms. The number of hydrogen-bond acceptors (Lipinski definition) is 5. The summed E-state index contributed by atoms with van der Waals surface area (Å²) in [5.74, 6) is 0.530. The molecule has 4 nitrogen and oxygen atoms in total. The van der Waals surface area contributed by atoms with E-state index in [4.69, 9.17) is 0 Å². The van der Waals surface area contributed by atoms with E-state index in [1.54, 1.807) is 0 Å². The fourth-order valence-electron chi connectivity index (χ4n) is 3.15. The Kier molecular flexibility index (Phi) is 7.08. The molecule has 0 amide bonds. The fraction of sp³-hybridized carbons (Fsp3) is 0.429. The third kappa shape index (κ3) is 5.45. The number of aromatic nitrogens is 2. The molecule has 0 fully saturated rings. The molecular weight excluding hydrogens is 397 g/mol. The van der Waals surface area contributed by atoms with Gasteiger partial charge in [-0.2, -0.15) is 13.2 Å². The molecule has 8 heteroatoms. The predicted molar refractivity (Wildman–Crippen MR) is 113 cm³/mol. The van der Waals surface area contributed by atoms with Crippen LogP contribution in [0.4, 0.5) is 19.0 Å². The third-order valence-corrected chi connectivity index (χ3v) is 5.71. The molecule has 0 aliphatic heterocycles. The van der Waals surface area contributed by atoms with E-state index in [-0.39, 0.29) is 5.52 Å². The molecule has 2 aromatic heterocycles. The fourth-order valence-corrected chi connectivity index (χ4v) is 3.86. The Morgan fingerprint density at radius 3 is 2.48 bits per heavy atom. The number of fused-ring (bicyclic) bond motifs is 1. The van der Waals surface area contributed by atoms with E-state index in [0.29, 0.717) is 23.6 Å². The minimum atomic E-state index is -4.40. The zero-order valence-electron chi connectivity index (χ0n) is 16.6. The van der Waals surface area contributed by atoms with Crippen LogP contribution in [0.3, 0.4) is 0 Å². The van der Waals surface area contributed by atoms with Crippen molar-refractivity contribution in [3.63, 3.8) is 0 Å². The molecule has 0 unspecified atom stereocenters. The minimum absolute atomic E-state index is 0.241. The maximum atomic E-state index is 13.1. The molecule has 3 aromatic rings. The topological polar surface area (TPSA) is 41.0 Å². The van der Waals surface area contributed by atoms with Gasteiger partial charge >= 0.3 is 6.18 Å². The first-order valence-corrected chi connectivity index (χ1v) is 10.7. The van der Waals surface area contributed by atoms with E-state index in [9.17, 15) is 13.2 Å². The molecular formula is C21H25F3N4S. The minimum Gasteiger partial charge on any atom is -0.368 e. The Labute approximate surface area is 172 Å². The zero-order valence-corrected chi connectivity index (χ0v) is 17.4. The van der Waals surface area contributed by atoms with Gasteiger partial charge in [0.2, 0.25) is 0 Å². The second-order valence-electron chi connectivity index (χ2n) is 6.76. The highest BCUT2D eigenvalue weighted by atomic mass is 32.1. The lowest BCUT2D eigenvalue weighted by atomic mass is 10.1. The number of alkyl halides is 3. The summed E-state index contributed by atoms with van der Waals surface area (Å²) < 4.78 is 39.2. The van der Waals surface area contributed by atoms with E-state index < -0.39 is 11.7 Å². The van der Waals surface area contributed by atoms with Crippen molar-refractivity contribution in [3.05, 3.63) is 41.3 Å². The highest BCUT2D eigenvalue weighted by molar-refractivity contribution is 7.13. The number of anilines is 1. The van der Waals surface area contributed by atoms with Gasteiger partial charge in [0.15, 0.2) is 5.82 Å². The predicted octanol–water partition coefficient (Wildman–Crippen LogP) is 5.91. The first-order valence-electron chi connectivity index (χ1n) is 9.81. The van der Waals surface area contributed by atoms with Crippen molar-refractivity contribution >= 4 is 28.2 Å². The summed E-state index contributed by atoms with van der Waals surface area (Å²) in [6, 6.07) is 7.36. The van der Waals surface area contributed by atoms with Crippen LogP contribution in [0.25, 0.3) is 21.6 Å². The van der Waals surface area contributed by atoms with Crippen LogP contribution in [0.5, 0.6) is 0 Å². The summed E-state index contributed by atoms with van der Waals surface area (Å²) >= 11 is 1.53. The van der Waals surface area contributed by atoms with Crippen molar-refractivity contribution in [1.82, 2.24) is 14.9 Å². The second-order valence-corrected chi connectivity index (χ2v) is 7.71. The standard InChI is InChI=1S/C21H25F3N4S/c1-3-28(4-2)12-6-5-11-25-20-19(18-8-7-13-29-18)26-16-10-9-15(21(22,23)24)14-17(16)27-20/h7-10,13-14H,3-6,11-12H2,1-2H3,(H,25,27). The van der Waals surface area contributed by atoms with Crippen molar-refractivity contribution in [2.45, 2.75) is 32.9 Å². The van der Waals surface area contributed by atoms with Crippen LogP contribution in [0.15, 0.2) is 35.7 Å². The maximum absolute atomic E-state index is 13.1. The number of nitrogens with one attached hydrogen (secondary N) is 1. The molecule has 1 N–H and O–H groups in total. The molecule has 29 heavy (non-hydrogen) atoms. The van der Waals surface area contributed by atoms with Gasteiger partial charge in [-0.15, -0.1) is 11.3 Å². The van der Waals surface area contributed by atoms with Gasteiger partial charge in [0.05, 0.1) is 21.5 Å². The van der Waals surface area contributed by atoms with Crippen molar-refractivity contribution in [2.75, 3.05) is 31.5 Å². The average molecular weight is 423 g/mol. The van der Waals surface area contributed by atoms with E-state index in [2.05, 4.69) is 34.0 Å². The summed E-state index contributed by atoms with van der Waals surface area (Å²) in [5, 5.41) is 5.24. The quantitative estimate of drug-likeness (QED) is 0.435. The van der Waals surface area contributed by atoms with Gasteiger partial charge in [0, 0.05) is 6.54 Å². The molecule has 156 valence electrons. The van der Waals surface area contributed by atoms with Crippen molar-refractivity contribution in [3.8, 4) is 10.6 Å². The van der Waals surface area contributed by atoms with Crippen LogP contribution in [0.2, 0.25) is 0 Å². The third-order valence-electron chi connectivity index (χ3n) is 4.83. The highest BCUT2D eigenvalue weighted by Gasteiger charge is 2.30. The molecule has 0 atom stereocenters. The molecule has 0 aliphatic rings. The zero-order chi connectivity index (χ0) is 20.9. The smallest absolute Gasteiger partial charge is 0.368 e. The molecule has 3 rings (SSSR count). The Morgan fingerprint density at radius 2 is 1.83 bits per heavy atom. The molecule has 1 aromatic carbocycles. The normalized spacial score (nSPS) is 12.1. The Morgan fingerprint density at radius 1 is 1.03 bits per heavy atom. The summed E-state index contributed by atoms with van der Waals surface area (Å²) in [7, 11) is 0. The average Bonchev–Trinajstić information content (AvgIpc) is 3.23. The van der Waals surface area contributed by atoms with Crippen LogP contribution < -0.4 is 5.32 Å². The number of nitrogens with zero attached hydrogens (tertiary/aromatic N) is 3. The van der Waals surface area contributed by atoms with Gasteiger partial charge in [-0.3, -0.25) is 0 Å². The van der Waals surface area contributed by atoms with Crippen molar-refractivity contribution in [1.29, 1.82) is 0 Å². The van der Waals surface area contributed by atoms with Crippen LogP contribution in [-0.2, 0) is 6.18 Å². The number of unbranched alkanes of at least 4 members (excludes halogenated alkanes) is 1. The molecule has 0 aliphatic carbocycles. The van der Waals surface area contributed by atoms with Gasteiger partial charge in [-0.25, -0.2) is 9.97 Å². The Bertz CT molecular complexity index is 922. The van der Waals surface area contributed by atoms with Gasteiger partial charge < -0.3 is 10.2 Å². The van der Waals surface area contributed by atoms with E-state index in [0.717, 1.165) is 49.5 Å². The summed E-state index contributed by atoms with van der Waals surface area (Å²) in [6.07, 6.45) is -2.41. The maximum Gasteiger partial charge on any atom is 0.416 e. The van der Waals surface area contributed by atoms with E-state index in [1.165, 1.54) is 17.4 Å². The number of benzene rings is 1. The number of rotatable bonds is 9. The number of thiophene rings is 1. The number of hydrogen-bond donors (Lipinski definition) is 1. The van der Waals surface area contributed by atoms with Gasteiger partial charge in [0.25, 0.3) is 0 Å². The van der Waals surface area contributed by atoms with Gasteiger partial charge in [-0.1, -0.05) is 19.9 Å².